The Balaban J connectivity index is 1.77. The van der Waals surface area contributed by atoms with Crippen LogP contribution in [0.4, 0.5) is 0 Å². The molecule has 0 saturated carbocycles. The van der Waals surface area contributed by atoms with Gasteiger partial charge in [0.2, 0.25) is 5.91 Å². The highest BCUT2D eigenvalue weighted by atomic mass is 35.5. The van der Waals surface area contributed by atoms with Gasteiger partial charge >= 0.3 is 0 Å². The lowest BCUT2D eigenvalue weighted by molar-refractivity contribution is -0.145. The number of aryl methyl sites for hydroxylation is 1. The number of hydrogen-bond acceptors (Lipinski definition) is 4. The van der Waals surface area contributed by atoms with E-state index in [1.54, 1.807) is 18.1 Å². The summed E-state index contributed by atoms with van der Waals surface area (Å²) in [6, 6.07) is 3.67. The molecule has 1 saturated heterocycles. The Kier molecular flexibility index (Phi) is 4.12. The summed E-state index contributed by atoms with van der Waals surface area (Å²) in [4.78, 5) is 14.1. The van der Waals surface area contributed by atoms with Crippen LogP contribution < -0.4 is 0 Å². The van der Waals surface area contributed by atoms with Crippen LogP contribution in [0, 0.1) is 6.92 Å². The number of piperidine rings is 1. The first-order valence-corrected chi connectivity index (χ1v) is 8.00. The molecule has 6 heteroatoms. The van der Waals surface area contributed by atoms with Gasteiger partial charge in [0.25, 0.3) is 0 Å². The van der Waals surface area contributed by atoms with E-state index < -0.39 is 11.7 Å². The van der Waals surface area contributed by atoms with Crippen molar-refractivity contribution < 1.29 is 19.4 Å². The molecule has 1 amide bonds. The van der Waals surface area contributed by atoms with Crippen LogP contribution in [-0.4, -0.2) is 45.8 Å². The number of carbonyl (C=O) groups is 1. The summed E-state index contributed by atoms with van der Waals surface area (Å²) in [7, 11) is 0. The zero-order chi connectivity index (χ0) is 16.8. The quantitative estimate of drug-likeness (QED) is 0.881. The van der Waals surface area contributed by atoms with E-state index in [0.29, 0.717) is 23.6 Å². The number of β-amino-alcohol motifs (C(OH)–C–C–N with tert-alkyl or cyclic N) is 1. The molecule has 1 aliphatic rings. The molecule has 1 fully saturated rings. The molecule has 1 aliphatic heterocycles. The normalized spacial score (nSPS) is 25.1. The molecule has 2 heterocycles. The first-order chi connectivity index (χ1) is 10.8. The van der Waals surface area contributed by atoms with Crippen LogP contribution in [0.1, 0.15) is 24.5 Å². The molecule has 0 unspecified atom stereocenters. The average molecular weight is 338 g/mol. The monoisotopic (exact) mass is 337 g/mol. The smallest absolute Gasteiger partial charge is 0.227 e. The zero-order valence-electron chi connectivity index (χ0n) is 13.2. The molecular formula is C17H20ClNO4. The van der Waals surface area contributed by atoms with Crippen molar-refractivity contribution in [3.63, 3.8) is 0 Å². The Morgan fingerprint density at radius 2 is 2.26 bits per heavy atom. The van der Waals surface area contributed by atoms with Gasteiger partial charge in [-0.05, 0) is 38.0 Å². The Hall–Kier alpha value is -1.56. The van der Waals surface area contributed by atoms with Crippen LogP contribution in [0.2, 0.25) is 5.02 Å². The average Bonchev–Trinajstić information content (AvgIpc) is 2.84. The highest BCUT2D eigenvalue weighted by Crippen LogP contribution is 2.29. The maximum atomic E-state index is 12.5. The number of hydrogen-bond donors (Lipinski definition) is 2. The van der Waals surface area contributed by atoms with Crippen LogP contribution in [0.25, 0.3) is 11.0 Å². The number of nitrogens with zero attached hydrogens (tertiary/aromatic N) is 1. The van der Waals surface area contributed by atoms with E-state index >= 15 is 0 Å². The molecule has 2 atom stereocenters. The fourth-order valence-corrected chi connectivity index (χ4v) is 3.03. The third-order valence-corrected chi connectivity index (χ3v) is 5.04. The first-order valence-electron chi connectivity index (χ1n) is 7.62. The van der Waals surface area contributed by atoms with Gasteiger partial charge in [-0.1, -0.05) is 11.6 Å². The summed E-state index contributed by atoms with van der Waals surface area (Å²) in [6.45, 7) is 4.06. The van der Waals surface area contributed by atoms with E-state index in [2.05, 4.69) is 0 Å². The molecule has 23 heavy (non-hydrogen) atoms. The number of fused-ring (bicyclic) bond motifs is 1. The maximum Gasteiger partial charge on any atom is 0.227 e. The number of furan rings is 1. The summed E-state index contributed by atoms with van der Waals surface area (Å²) in [6.07, 6.45) is 1.19. The SMILES string of the molecule is Cc1cc2occ(CC(=O)N3CC[C@@](C)(O)[C@H](O)C3)c2cc1Cl. The molecule has 3 rings (SSSR count). The van der Waals surface area contributed by atoms with Crippen LogP contribution in [0.3, 0.4) is 0 Å². The molecular weight excluding hydrogens is 318 g/mol. The lowest BCUT2D eigenvalue weighted by Crippen LogP contribution is -2.55. The predicted octanol–water partition coefficient (Wildman–Crippen LogP) is 2.28. The molecule has 1 aromatic carbocycles. The summed E-state index contributed by atoms with van der Waals surface area (Å²) in [5.41, 5.74) is 1.27. The van der Waals surface area contributed by atoms with Crippen molar-refractivity contribution in [1.82, 2.24) is 4.90 Å². The topological polar surface area (TPSA) is 73.9 Å². The number of carbonyl (C=O) groups excluding carboxylic acids is 1. The van der Waals surface area contributed by atoms with Crippen LogP contribution in [0.5, 0.6) is 0 Å². The lowest BCUT2D eigenvalue weighted by Gasteiger charge is -2.39. The van der Waals surface area contributed by atoms with E-state index in [1.165, 1.54) is 0 Å². The van der Waals surface area contributed by atoms with Gasteiger partial charge in [-0.2, -0.15) is 0 Å². The number of halogens is 1. The molecule has 0 bridgehead atoms. The van der Waals surface area contributed by atoms with Gasteiger partial charge in [-0.25, -0.2) is 0 Å². The number of benzene rings is 1. The highest BCUT2D eigenvalue weighted by molar-refractivity contribution is 6.32. The number of likely N-dealkylation sites (tertiary alicyclic amines) is 1. The molecule has 1 aromatic heterocycles. The fourth-order valence-electron chi connectivity index (χ4n) is 2.86. The van der Waals surface area contributed by atoms with Gasteiger partial charge in [0.15, 0.2) is 0 Å². The molecule has 2 N–H and O–H groups in total. The minimum Gasteiger partial charge on any atom is -0.464 e. The van der Waals surface area contributed by atoms with Crippen LogP contribution in [-0.2, 0) is 11.2 Å². The van der Waals surface area contributed by atoms with Crippen molar-refractivity contribution in [1.29, 1.82) is 0 Å². The number of rotatable bonds is 2. The molecule has 5 nitrogen and oxygen atoms in total. The molecule has 2 aromatic rings. The van der Waals surface area contributed by atoms with E-state index in [0.717, 1.165) is 16.5 Å². The first kappa shape index (κ1) is 16.3. The third kappa shape index (κ3) is 3.09. The number of aliphatic hydroxyl groups is 2. The second-order valence-electron chi connectivity index (χ2n) is 6.50. The van der Waals surface area contributed by atoms with E-state index in [4.69, 9.17) is 16.0 Å². The molecule has 124 valence electrons. The van der Waals surface area contributed by atoms with E-state index in [9.17, 15) is 15.0 Å². The Morgan fingerprint density at radius 1 is 1.52 bits per heavy atom. The molecule has 0 aliphatic carbocycles. The minimum atomic E-state index is -1.13. The van der Waals surface area contributed by atoms with Crippen molar-refractivity contribution in [3.8, 4) is 0 Å². The summed E-state index contributed by atoms with van der Waals surface area (Å²) < 4.78 is 5.51. The van der Waals surface area contributed by atoms with Crippen molar-refractivity contribution >= 4 is 28.5 Å². The van der Waals surface area contributed by atoms with Crippen molar-refractivity contribution in [2.24, 2.45) is 0 Å². The van der Waals surface area contributed by atoms with Gasteiger partial charge in [0.05, 0.1) is 24.4 Å². The maximum absolute atomic E-state index is 12.5. The highest BCUT2D eigenvalue weighted by Gasteiger charge is 2.37. The third-order valence-electron chi connectivity index (χ3n) is 4.63. The van der Waals surface area contributed by atoms with Gasteiger partial charge in [-0.3, -0.25) is 4.79 Å². The minimum absolute atomic E-state index is 0.0982. The lowest BCUT2D eigenvalue weighted by atomic mass is 9.90. The van der Waals surface area contributed by atoms with Crippen molar-refractivity contribution in [2.45, 2.75) is 38.4 Å². The second kappa shape index (κ2) is 5.82. The predicted molar refractivity (Wildman–Crippen MR) is 87.5 cm³/mol. The Morgan fingerprint density at radius 3 is 2.96 bits per heavy atom. The molecule has 0 radical (unpaired) electrons. The fraction of sp³-hybridized carbons (Fsp3) is 0.471. The largest absolute Gasteiger partial charge is 0.464 e. The van der Waals surface area contributed by atoms with Crippen molar-refractivity contribution in [3.05, 3.63) is 34.5 Å². The number of amides is 1. The van der Waals surface area contributed by atoms with Gasteiger partial charge in [0, 0.05) is 29.1 Å². The van der Waals surface area contributed by atoms with Crippen LogP contribution >= 0.6 is 11.6 Å². The molecule has 0 spiro atoms. The van der Waals surface area contributed by atoms with Gasteiger partial charge < -0.3 is 19.5 Å². The summed E-state index contributed by atoms with van der Waals surface area (Å²) >= 11 is 6.15. The summed E-state index contributed by atoms with van der Waals surface area (Å²) in [5.74, 6) is -0.0982. The van der Waals surface area contributed by atoms with E-state index in [1.807, 2.05) is 19.1 Å². The Bertz CT molecular complexity index is 752. The van der Waals surface area contributed by atoms with Crippen LogP contribution in [0.15, 0.2) is 22.8 Å². The van der Waals surface area contributed by atoms with Gasteiger partial charge in [-0.15, -0.1) is 0 Å². The summed E-state index contributed by atoms with van der Waals surface area (Å²) in [5, 5.41) is 21.4. The van der Waals surface area contributed by atoms with Gasteiger partial charge in [0.1, 0.15) is 5.58 Å². The second-order valence-corrected chi connectivity index (χ2v) is 6.91. The standard InChI is InChI=1S/C17H20ClNO4/c1-10-5-14-12(7-13(10)18)11(9-23-14)6-16(21)19-4-3-17(2,22)15(20)8-19/h5,7,9,15,20,22H,3-4,6,8H2,1-2H3/t15-,17-/m1/s1. The number of aliphatic hydroxyl groups excluding tert-OH is 1. The van der Waals surface area contributed by atoms with E-state index in [-0.39, 0.29) is 18.9 Å². The van der Waals surface area contributed by atoms with Crippen molar-refractivity contribution in [2.75, 3.05) is 13.1 Å². The zero-order valence-corrected chi connectivity index (χ0v) is 13.9. The Labute approximate surface area is 139 Å².